The van der Waals surface area contributed by atoms with Crippen molar-refractivity contribution >= 4 is 34.8 Å². The van der Waals surface area contributed by atoms with Crippen molar-refractivity contribution in [1.29, 1.82) is 0 Å². The molecule has 0 spiro atoms. The van der Waals surface area contributed by atoms with Crippen LogP contribution in [0.1, 0.15) is 36.5 Å². The summed E-state index contributed by atoms with van der Waals surface area (Å²) in [5, 5.41) is 3.22. The number of ether oxygens (including phenoxy) is 1. The van der Waals surface area contributed by atoms with Gasteiger partial charge in [0, 0.05) is 11.3 Å². The number of hydrogen-bond donors (Lipinski definition) is 1. The molecule has 2 rings (SSSR count). The second-order valence-electron chi connectivity index (χ2n) is 5.29. The Bertz CT molecular complexity index is 682. The Labute approximate surface area is 150 Å². The molecule has 0 aromatic heterocycles. The zero-order valence-corrected chi connectivity index (χ0v) is 14.8. The fourth-order valence-electron chi connectivity index (χ4n) is 2.09. The van der Waals surface area contributed by atoms with Crippen LogP contribution in [0, 0.1) is 5.82 Å². The van der Waals surface area contributed by atoms with Crippen molar-refractivity contribution < 1.29 is 13.9 Å². The number of benzene rings is 2. The molecule has 0 saturated carbocycles. The van der Waals surface area contributed by atoms with E-state index >= 15 is 0 Å². The number of hydrogen-bond acceptors (Lipinski definition) is 2. The van der Waals surface area contributed by atoms with Gasteiger partial charge in [-0.3, -0.25) is 4.79 Å². The summed E-state index contributed by atoms with van der Waals surface area (Å²) in [6.45, 7) is 2.63. The van der Waals surface area contributed by atoms with Gasteiger partial charge >= 0.3 is 0 Å². The molecule has 24 heavy (non-hydrogen) atoms. The van der Waals surface area contributed by atoms with Gasteiger partial charge in [0.2, 0.25) is 0 Å². The Morgan fingerprint density at radius 2 is 1.75 bits per heavy atom. The van der Waals surface area contributed by atoms with E-state index in [1.54, 1.807) is 0 Å². The summed E-state index contributed by atoms with van der Waals surface area (Å²) in [6, 6.07) is 8.48. The van der Waals surface area contributed by atoms with Crippen LogP contribution >= 0.6 is 23.2 Å². The highest BCUT2D eigenvalue weighted by atomic mass is 35.5. The second-order valence-corrected chi connectivity index (χ2v) is 6.10. The summed E-state index contributed by atoms with van der Waals surface area (Å²) >= 11 is 12.4. The summed E-state index contributed by atoms with van der Waals surface area (Å²) in [5.41, 5.74) is 0.781. The number of anilines is 1. The highest BCUT2D eigenvalue weighted by Gasteiger charge is 2.14. The molecule has 0 aliphatic rings. The number of amides is 1. The Morgan fingerprint density at radius 3 is 2.33 bits per heavy atom. The Morgan fingerprint density at radius 1 is 1.12 bits per heavy atom. The third-order valence-electron chi connectivity index (χ3n) is 3.36. The maximum Gasteiger partial charge on any atom is 0.255 e. The van der Waals surface area contributed by atoms with Crippen molar-refractivity contribution in [2.75, 3.05) is 11.9 Å². The first-order valence-corrected chi connectivity index (χ1v) is 8.45. The van der Waals surface area contributed by atoms with Gasteiger partial charge in [-0.15, -0.1) is 0 Å². The summed E-state index contributed by atoms with van der Waals surface area (Å²) in [4.78, 5) is 12.3. The Hall–Kier alpha value is -1.78. The van der Waals surface area contributed by atoms with Crippen LogP contribution < -0.4 is 10.1 Å². The average Bonchev–Trinajstić information content (AvgIpc) is 2.55. The maximum atomic E-state index is 12.9. The summed E-state index contributed by atoms with van der Waals surface area (Å²) in [6.07, 6.45) is 3.07. The lowest BCUT2D eigenvalue weighted by atomic mass is 10.2. The average molecular weight is 370 g/mol. The predicted octanol–water partition coefficient (Wildman–Crippen LogP) is 5.95. The van der Waals surface area contributed by atoms with Gasteiger partial charge in [0.1, 0.15) is 5.82 Å². The van der Waals surface area contributed by atoms with E-state index in [-0.39, 0.29) is 21.8 Å². The van der Waals surface area contributed by atoms with E-state index in [2.05, 4.69) is 12.2 Å². The molecular formula is C18H18Cl2FNO2. The quantitative estimate of drug-likeness (QED) is 0.612. The molecule has 128 valence electrons. The SMILES string of the molecule is CCCCCOc1c(Cl)cc(C(=O)Nc2ccc(F)cc2)cc1Cl. The van der Waals surface area contributed by atoms with E-state index in [9.17, 15) is 9.18 Å². The Kier molecular flexibility index (Phi) is 6.88. The van der Waals surface area contributed by atoms with Crippen LogP contribution in [-0.4, -0.2) is 12.5 Å². The first-order valence-electron chi connectivity index (χ1n) is 7.70. The van der Waals surface area contributed by atoms with Gasteiger partial charge in [-0.25, -0.2) is 4.39 Å². The third kappa shape index (κ3) is 5.11. The van der Waals surface area contributed by atoms with Crippen molar-refractivity contribution in [2.24, 2.45) is 0 Å². The van der Waals surface area contributed by atoms with E-state index < -0.39 is 0 Å². The molecule has 3 nitrogen and oxygen atoms in total. The molecular weight excluding hydrogens is 352 g/mol. The summed E-state index contributed by atoms with van der Waals surface area (Å²) < 4.78 is 18.5. The van der Waals surface area contributed by atoms with Gasteiger partial charge in [0.25, 0.3) is 5.91 Å². The van der Waals surface area contributed by atoms with Crippen LogP contribution in [0.25, 0.3) is 0 Å². The summed E-state index contributed by atoms with van der Waals surface area (Å²) in [7, 11) is 0. The highest BCUT2D eigenvalue weighted by molar-refractivity contribution is 6.37. The number of nitrogens with one attached hydrogen (secondary N) is 1. The number of unbranched alkanes of at least 4 members (excludes halogenated alkanes) is 2. The predicted molar refractivity (Wildman–Crippen MR) is 95.8 cm³/mol. The molecule has 2 aromatic rings. The van der Waals surface area contributed by atoms with Crippen molar-refractivity contribution in [2.45, 2.75) is 26.2 Å². The normalized spacial score (nSPS) is 10.5. The first-order chi connectivity index (χ1) is 11.5. The van der Waals surface area contributed by atoms with Crippen molar-refractivity contribution in [3.05, 3.63) is 57.8 Å². The van der Waals surface area contributed by atoms with E-state index in [1.165, 1.54) is 36.4 Å². The minimum absolute atomic E-state index is 0.281. The standard InChI is InChI=1S/C18H18Cl2FNO2/c1-2-3-4-9-24-17-15(19)10-12(11-16(17)20)18(23)22-14-7-5-13(21)6-8-14/h5-8,10-11H,2-4,9H2,1H3,(H,22,23). The zero-order valence-electron chi connectivity index (χ0n) is 13.2. The smallest absolute Gasteiger partial charge is 0.255 e. The van der Waals surface area contributed by atoms with Crippen LogP contribution in [0.5, 0.6) is 5.75 Å². The van der Waals surface area contributed by atoms with Crippen LogP contribution in [0.2, 0.25) is 10.0 Å². The molecule has 0 aliphatic heterocycles. The molecule has 2 aromatic carbocycles. The number of halogens is 3. The lowest BCUT2D eigenvalue weighted by molar-refractivity contribution is 0.102. The van der Waals surface area contributed by atoms with Crippen molar-refractivity contribution in [1.82, 2.24) is 0 Å². The van der Waals surface area contributed by atoms with Crippen molar-refractivity contribution in [3.63, 3.8) is 0 Å². The van der Waals surface area contributed by atoms with Gasteiger partial charge in [-0.1, -0.05) is 43.0 Å². The zero-order chi connectivity index (χ0) is 17.5. The van der Waals surface area contributed by atoms with Crippen LogP contribution in [0.4, 0.5) is 10.1 Å². The first kappa shape index (κ1) is 18.6. The fourth-order valence-corrected chi connectivity index (χ4v) is 2.69. The monoisotopic (exact) mass is 369 g/mol. The van der Waals surface area contributed by atoms with E-state index in [1.807, 2.05) is 0 Å². The summed E-state index contributed by atoms with van der Waals surface area (Å²) in [5.74, 6) is -0.376. The molecule has 1 N–H and O–H groups in total. The topological polar surface area (TPSA) is 38.3 Å². The van der Waals surface area contributed by atoms with Crippen LogP contribution in [-0.2, 0) is 0 Å². The van der Waals surface area contributed by atoms with Crippen LogP contribution in [0.3, 0.4) is 0 Å². The van der Waals surface area contributed by atoms with Gasteiger partial charge in [0.05, 0.1) is 16.7 Å². The molecule has 0 aliphatic carbocycles. The minimum Gasteiger partial charge on any atom is -0.490 e. The molecule has 0 atom stereocenters. The number of carbonyl (C=O) groups is 1. The Balaban J connectivity index is 2.07. The van der Waals surface area contributed by atoms with Gasteiger partial charge < -0.3 is 10.1 Å². The number of carbonyl (C=O) groups excluding carboxylic acids is 1. The molecule has 0 saturated heterocycles. The van der Waals surface area contributed by atoms with E-state index in [0.29, 0.717) is 23.6 Å². The van der Waals surface area contributed by atoms with Crippen molar-refractivity contribution in [3.8, 4) is 5.75 Å². The van der Waals surface area contributed by atoms with Gasteiger partial charge in [0.15, 0.2) is 5.75 Å². The largest absolute Gasteiger partial charge is 0.490 e. The lowest BCUT2D eigenvalue weighted by Gasteiger charge is -2.12. The van der Waals surface area contributed by atoms with Gasteiger partial charge in [-0.05, 0) is 42.8 Å². The molecule has 0 radical (unpaired) electrons. The highest BCUT2D eigenvalue weighted by Crippen LogP contribution is 2.34. The number of rotatable bonds is 7. The minimum atomic E-state index is -0.386. The molecule has 6 heteroatoms. The van der Waals surface area contributed by atoms with E-state index in [0.717, 1.165) is 19.3 Å². The second kappa shape index (κ2) is 8.90. The molecule has 0 heterocycles. The van der Waals surface area contributed by atoms with Gasteiger partial charge in [-0.2, -0.15) is 0 Å². The van der Waals surface area contributed by atoms with Crippen LogP contribution in [0.15, 0.2) is 36.4 Å². The molecule has 0 fully saturated rings. The third-order valence-corrected chi connectivity index (χ3v) is 3.92. The molecule has 1 amide bonds. The maximum absolute atomic E-state index is 12.9. The molecule has 0 unspecified atom stereocenters. The van der Waals surface area contributed by atoms with E-state index in [4.69, 9.17) is 27.9 Å². The fraction of sp³-hybridized carbons (Fsp3) is 0.278. The molecule has 0 bridgehead atoms. The lowest BCUT2D eigenvalue weighted by Crippen LogP contribution is -2.12.